The maximum Gasteiger partial charge on any atom is 0.302 e. The van der Waals surface area contributed by atoms with Crippen molar-refractivity contribution in [3.8, 4) is 0 Å². The van der Waals surface area contributed by atoms with Crippen LogP contribution in [-0.4, -0.2) is 24.1 Å². The first-order valence-electron chi connectivity index (χ1n) is 6.89. The molecule has 4 heteroatoms. The molecule has 4 saturated carbocycles. The quantitative estimate of drug-likeness (QED) is 0.704. The van der Waals surface area contributed by atoms with Crippen LogP contribution in [0.2, 0.25) is 0 Å². The summed E-state index contributed by atoms with van der Waals surface area (Å²) >= 11 is 0. The summed E-state index contributed by atoms with van der Waals surface area (Å²) in [4.78, 5) is 22.3. The van der Waals surface area contributed by atoms with Crippen molar-refractivity contribution in [2.75, 3.05) is 0 Å². The largest absolute Gasteiger partial charge is 0.462 e. The summed E-state index contributed by atoms with van der Waals surface area (Å²) in [5, 5.41) is 0. The minimum Gasteiger partial charge on any atom is -0.462 e. The average Bonchev–Trinajstić information content (AvgIpc) is 2.24. The van der Waals surface area contributed by atoms with E-state index in [2.05, 4.69) is 0 Å². The summed E-state index contributed by atoms with van der Waals surface area (Å²) in [5.41, 5.74) is 0. The van der Waals surface area contributed by atoms with E-state index in [4.69, 9.17) is 9.47 Å². The molecule has 4 fully saturated rings. The summed E-state index contributed by atoms with van der Waals surface area (Å²) in [6, 6.07) is 0. The summed E-state index contributed by atoms with van der Waals surface area (Å²) in [6.45, 7) is 2.99. The highest BCUT2D eigenvalue weighted by Crippen LogP contribution is 2.55. The maximum atomic E-state index is 11.2. The normalized spacial score (nSPS) is 44.8. The Bertz CT molecular complexity index is 314. The maximum absolute atomic E-state index is 11.2. The van der Waals surface area contributed by atoms with E-state index >= 15 is 0 Å². The van der Waals surface area contributed by atoms with Gasteiger partial charge in [-0.05, 0) is 49.4 Å². The minimum atomic E-state index is -0.163. The van der Waals surface area contributed by atoms with Crippen LogP contribution in [-0.2, 0) is 19.1 Å². The van der Waals surface area contributed by atoms with Gasteiger partial charge in [0.2, 0.25) is 0 Å². The van der Waals surface area contributed by atoms with Crippen molar-refractivity contribution in [1.29, 1.82) is 0 Å². The van der Waals surface area contributed by atoms with Gasteiger partial charge in [-0.25, -0.2) is 0 Å². The Labute approximate surface area is 107 Å². The second-order valence-corrected chi connectivity index (χ2v) is 6.13. The van der Waals surface area contributed by atoms with Crippen LogP contribution in [0.5, 0.6) is 0 Å². The summed E-state index contributed by atoms with van der Waals surface area (Å²) in [5.74, 6) is 1.63. The van der Waals surface area contributed by atoms with E-state index in [1.54, 1.807) is 0 Å². The smallest absolute Gasteiger partial charge is 0.302 e. The van der Waals surface area contributed by atoms with Gasteiger partial charge in [0.1, 0.15) is 12.2 Å². The fourth-order valence-corrected chi connectivity index (χ4v) is 4.55. The molecule has 0 aromatic rings. The molecule has 0 unspecified atom stereocenters. The Morgan fingerprint density at radius 1 is 0.722 bits per heavy atom. The topological polar surface area (TPSA) is 52.6 Å². The van der Waals surface area contributed by atoms with Gasteiger partial charge in [0.15, 0.2) is 0 Å². The number of rotatable bonds is 2. The van der Waals surface area contributed by atoms with Gasteiger partial charge in [0.05, 0.1) is 0 Å². The van der Waals surface area contributed by atoms with E-state index in [1.165, 1.54) is 13.8 Å². The zero-order valence-corrected chi connectivity index (χ0v) is 10.9. The van der Waals surface area contributed by atoms with E-state index in [-0.39, 0.29) is 24.1 Å². The molecule has 0 spiro atoms. The van der Waals surface area contributed by atoms with E-state index in [0.29, 0.717) is 23.7 Å². The molecule has 0 aliphatic heterocycles. The van der Waals surface area contributed by atoms with Gasteiger partial charge in [0.25, 0.3) is 0 Å². The van der Waals surface area contributed by atoms with Crippen molar-refractivity contribution in [2.45, 2.75) is 51.7 Å². The lowest BCUT2D eigenvalue weighted by Crippen LogP contribution is -2.56. The molecule has 4 rings (SSSR count). The lowest BCUT2D eigenvalue weighted by molar-refractivity contribution is -0.195. The Morgan fingerprint density at radius 3 is 1.22 bits per heavy atom. The standard InChI is InChI=1S/C14H20O4/c1-7(15)17-13-9-3-11-5-10(13)6-12(4-9)14(11)18-8(2)16/h9-14H,3-6H2,1-2H3. The van der Waals surface area contributed by atoms with Gasteiger partial charge >= 0.3 is 11.9 Å². The predicted octanol–water partition coefficient (Wildman–Crippen LogP) is 1.92. The molecule has 0 heterocycles. The van der Waals surface area contributed by atoms with E-state index in [9.17, 15) is 9.59 Å². The van der Waals surface area contributed by atoms with Crippen LogP contribution in [0, 0.1) is 23.7 Å². The molecule has 0 aromatic heterocycles. The molecule has 18 heavy (non-hydrogen) atoms. The van der Waals surface area contributed by atoms with Crippen molar-refractivity contribution < 1.29 is 19.1 Å². The first-order chi connectivity index (χ1) is 8.54. The second-order valence-electron chi connectivity index (χ2n) is 6.13. The van der Waals surface area contributed by atoms with Crippen LogP contribution in [0.1, 0.15) is 39.5 Å². The molecule has 4 aliphatic carbocycles. The van der Waals surface area contributed by atoms with Crippen molar-refractivity contribution in [1.82, 2.24) is 0 Å². The van der Waals surface area contributed by atoms with Crippen molar-refractivity contribution in [2.24, 2.45) is 23.7 Å². The molecule has 0 radical (unpaired) electrons. The molecular formula is C14H20O4. The average molecular weight is 252 g/mol. The van der Waals surface area contributed by atoms with Gasteiger partial charge in [-0.2, -0.15) is 0 Å². The molecule has 100 valence electrons. The number of carbonyl (C=O) groups excluding carboxylic acids is 2. The van der Waals surface area contributed by atoms with E-state index < -0.39 is 0 Å². The first-order valence-corrected chi connectivity index (χ1v) is 6.89. The SMILES string of the molecule is CC(=O)OC1C2CC3CC1CC(C2)C3OC(C)=O. The van der Waals surface area contributed by atoms with Gasteiger partial charge < -0.3 is 9.47 Å². The molecule has 0 saturated heterocycles. The van der Waals surface area contributed by atoms with Crippen LogP contribution in [0.15, 0.2) is 0 Å². The second kappa shape index (κ2) is 4.25. The number of esters is 2. The van der Waals surface area contributed by atoms with Crippen LogP contribution < -0.4 is 0 Å². The Kier molecular flexibility index (Phi) is 2.83. The Hall–Kier alpha value is -1.06. The van der Waals surface area contributed by atoms with E-state index in [1.807, 2.05) is 0 Å². The van der Waals surface area contributed by atoms with Gasteiger partial charge in [-0.3, -0.25) is 9.59 Å². The van der Waals surface area contributed by atoms with Gasteiger partial charge in [-0.1, -0.05) is 0 Å². The van der Waals surface area contributed by atoms with Crippen LogP contribution in [0.3, 0.4) is 0 Å². The number of hydrogen-bond donors (Lipinski definition) is 0. The highest BCUT2D eigenvalue weighted by atomic mass is 16.5. The third-order valence-electron chi connectivity index (χ3n) is 4.88. The lowest BCUT2D eigenvalue weighted by Gasteiger charge is -2.56. The number of hydrogen-bond acceptors (Lipinski definition) is 4. The molecule has 4 bridgehead atoms. The fraction of sp³-hybridized carbons (Fsp3) is 0.857. The summed E-state index contributed by atoms with van der Waals surface area (Å²) in [7, 11) is 0. The van der Waals surface area contributed by atoms with Crippen molar-refractivity contribution >= 4 is 11.9 Å². The molecule has 0 atom stereocenters. The highest BCUT2D eigenvalue weighted by Gasteiger charge is 2.55. The van der Waals surface area contributed by atoms with Crippen molar-refractivity contribution in [3.63, 3.8) is 0 Å². The molecule has 0 aromatic carbocycles. The van der Waals surface area contributed by atoms with Gasteiger partial charge in [0, 0.05) is 13.8 Å². The van der Waals surface area contributed by atoms with Crippen LogP contribution >= 0.6 is 0 Å². The predicted molar refractivity (Wildman–Crippen MR) is 63.5 cm³/mol. The first kappa shape index (κ1) is 12.0. The molecule has 4 nitrogen and oxygen atoms in total. The molecular weight excluding hydrogens is 232 g/mol. The number of ether oxygens (including phenoxy) is 2. The third kappa shape index (κ3) is 1.91. The molecule has 4 aliphatic rings. The Balaban J connectivity index is 1.72. The Morgan fingerprint density at radius 2 is 1.00 bits per heavy atom. The fourth-order valence-electron chi connectivity index (χ4n) is 4.55. The zero-order valence-electron chi connectivity index (χ0n) is 10.9. The van der Waals surface area contributed by atoms with Crippen LogP contribution in [0.25, 0.3) is 0 Å². The number of carbonyl (C=O) groups is 2. The minimum absolute atomic E-state index is 0.119. The zero-order chi connectivity index (χ0) is 12.9. The third-order valence-corrected chi connectivity index (χ3v) is 4.88. The van der Waals surface area contributed by atoms with Crippen LogP contribution in [0.4, 0.5) is 0 Å². The monoisotopic (exact) mass is 252 g/mol. The van der Waals surface area contributed by atoms with Gasteiger partial charge in [-0.15, -0.1) is 0 Å². The summed E-state index contributed by atoms with van der Waals surface area (Å²) in [6.07, 6.45) is 4.42. The van der Waals surface area contributed by atoms with E-state index in [0.717, 1.165) is 25.7 Å². The summed E-state index contributed by atoms with van der Waals surface area (Å²) < 4.78 is 11.0. The van der Waals surface area contributed by atoms with Crippen molar-refractivity contribution in [3.05, 3.63) is 0 Å². The molecule has 0 N–H and O–H groups in total. The lowest BCUT2D eigenvalue weighted by atomic mass is 9.53. The highest BCUT2D eigenvalue weighted by molar-refractivity contribution is 5.66. The molecule has 0 amide bonds.